The third-order valence-corrected chi connectivity index (χ3v) is 4.85. The molecule has 1 fully saturated rings. The molecule has 0 atom stereocenters. The largest absolute Gasteiger partial charge is 0.496 e. The normalized spacial score (nSPS) is 18.0. The maximum absolute atomic E-state index is 5.54. The Balaban J connectivity index is 2.22. The molecule has 1 N–H and O–H groups in total. The zero-order valence-corrected chi connectivity index (χ0v) is 14.2. The highest BCUT2D eigenvalue weighted by atomic mass is 16.5. The van der Waals surface area contributed by atoms with Gasteiger partial charge >= 0.3 is 0 Å². The number of hydrogen-bond acceptors (Lipinski definition) is 2. The van der Waals surface area contributed by atoms with Gasteiger partial charge in [-0.15, -0.1) is 0 Å². The molecular formula is C19H31NO. The first-order valence-electron chi connectivity index (χ1n) is 8.43. The van der Waals surface area contributed by atoms with E-state index in [1.165, 1.54) is 43.2 Å². The lowest BCUT2D eigenvalue weighted by Gasteiger charge is -2.38. The summed E-state index contributed by atoms with van der Waals surface area (Å²) in [7, 11) is 1.77. The van der Waals surface area contributed by atoms with Gasteiger partial charge in [0.2, 0.25) is 0 Å². The Kier molecular flexibility index (Phi) is 5.69. The summed E-state index contributed by atoms with van der Waals surface area (Å²) in [6, 6.07) is 6.81. The molecule has 2 rings (SSSR count). The Morgan fingerprint density at radius 3 is 2.52 bits per heavy atom. The first-order chi connectivity index (χ1) is 10.1. The lowest BCUT2D eigenvalue weighted by Crippen LogP contribution is -2.41. The van der Waals surface area contributed by atoms with Gasteiger partial charge in [-0.3, -0.25) is 0 Å². The van der Waals surface area contributed by atoms with Crippen molar-refractivity contribution in [2.75, 3.05) is 20.2 Å². The fraction of sp³-hybridized carbons (Fsp3) is 0.684. The van der Waals surface area contributed by atoms with Crippen LogP contribution in [0.3, 0.4) is 0 Å². The molecule has 0 bridgehead atoms. The summed E-state index contributed by atoms with van der Waals surface area (Å²) in [4.78, 5) is 0. The Hall–Kier alpha value is -1.02. The Morgan fingerprint density at radius 2 is 1.90 bits per heavy atom. The highest BCUT2D eigenvalue weighted by Crippen LogP contribution is 2.40. The summed E-state index contributed by atoms with van der Waals surface area (Å²) >= 11 is 0. The topological polar surface area (TPSA) is 21.3 Å². The number of rotatable bonds is 6. The molecule has 0 aromatic heterocycles. The molecule has 0 aliphatic heterocycles. The van der Waals surface area contributed by atoms with Crippen LogP contribution in [0.2, 0.25) is 0 Å². The number of nitrogens with one attached hydrogen (secondary N) is 1. The molecule has 118 valence electrons. The summed E-state index contributed by atoms with van der Waals surface area (Å²) in [5.74, 6) is 1.74. The van der Waals surface area contributed by atoms with Gasteiger partial charge in [0.25, 0.3) is 0 Å². The van der Waals surface area contributed by atoms with Crippen LogP contribution < -0.4 is 10.1 Å². The van der Waals surface area contributed by atoms with E-state index in [4.69, 9.17) is 4.74 Å². The van der Waals surface area contributed by atoms with Gasteiger partial charge < -0.3 is 10.1 Å². The van der Waals surface area contributed by atoms with Crippen molar-refractivity contribution in [3.05, 3.63) is 29.3 Å². The van der Waals surface area contributed by atoms with E-state index in [2.05, 4.69) is 44.3 Å². The van der Waals surface area contributed by atoms with Crippen LogP contribution in [0.4, 0.5) is 0 Å². The highest BCUT2D eigenvalue weighted by molar-refractivity contribution is 5.40. The van der Waals surface area contributed by atoms with Gasteiger partial charge in [0.05, 0.1) is 7.11 Å². The van der Waals surface area contributed by atoms with E-state index in [0.29, 0.717) is 11.3 Å². The van der Waals surface area contributed by atoms with Crippen LogP contribution in [0.25, 0.3) is 0 Å². The van der Waals surface area contributed by atoms with Crippen LogP contribution in [0.1, 0.15) is 57.1 Å². The Morgan fingerprint density at radius 1 is 1.19 bits per heavy atom. The maximum Gasteiger partial charge on any atom is 0.122 e. The third-order valence-electron chi connectivity index (χ3n) is 4.85. The van der Waals surface area contributed by atoms with Gasteiger partial charge in [-0.2, -0.15) is 0 Å². The molecule has 1 aliphatic rings. The van der Waals surface area contributed by atoms with Crippen molar-refractivity contribution in [1.29, 1.82) is 0 Å². The van der Waals surface area contributed by atoms with E-state index < -0.39 is 0 Å². The molecule has 0 amide bonds. The van der Waals surface area contributed by atoms with E-state index in [1.807, 2.05) is 0 Å². The van der Waals surface area contributed by atoms with E-state index >= 15 is 0 Å². The van der Waals surface area contributed by atoms with E-state index in [1.54, 1.807) is 7.11 Å². The smallest absolute Gasteiger partial charge is 0.122 e. The second kappa shape index (κ2) is 7.31. The zero-order valence-electron chi connectivity index (χ0n) is 14.2. The predicted octanol–water partition coefficient (Wildman–Crippen LogP) is 4.45. The third kappa shape index (κ3) is 4.00. The molecule has 0 radical (unpaired) electrons. The maximum atomic E-state index is 5.54. The number of ether oxygens (including phenoxy) is 1. The summed E-state index contributed by atoms with van der Waals surface area (Å²) in [6.07, 6.45) is 6.67. The molecule has 21 heavy (non-hydrogen) atoms. The van der Waals surface area contributed by atoms with Gasteiger partial charge in [0, 0.05) is 12.0 Å². The first kappa shape index (κ1) is 16.4. The predicted molar refractivity (Wildman–Crippen MR) is 90.2 cm³/mol. The van der Waals surface area contributed by atoms with Crippen molar-refractivity contribution < 1.29 is 4.74 Å². The Labute approximate surface area is 130 Å². The standard InChI is InChI=1S/C19H31NO/c1-15(2)13-20-14-19(10-6-5-7-11-19)17-9-8-16(3)18(12-17)21-4/h8-9,12,15,20H,5-7,10-11,13-14H2,1-4H3. The van der Waals surface area contributed by atoms with Gasteiger partial charge in [-0.1, -0.05) is 45.2 Å². The minimum Gasteiger partial charge on any atom is -0.496 e. The summed E-state index contributed by atoms with van der Waals surface area (Å²) in [5.41, 5.74) is 2.98. The number of methoxy groups -OCH3 is 1. The van der Waals surface area contributed by atoms with Gasteiger partial charge in [0.1, 0.15) is 5.75 Å². The summed E-state index contributed by atoms with van der Waals surface area (Å²) < 4.78 is 5.54. The minimum absolute atomic E-state index is 0.300. The lowest BCUT2D eigenvalue weighted by molar-refractivity contribution is 0.275. The monoisotopic (exact) mass is 289 g/mol. The van der Waals surface area contributed by atoms with E-state index in [-0.39, 0.29) is 0 Å². The van der Waals surface area contributed by atoms with Crippen molar-refractivity contribution >= 4 is 0 Å². The van der Waals surface area contributed by atoms with Crippen LogP contribution in [-0.4, -0.2) is 20.2 Å². The molecule has 0 unspecified atom stereocenters. The SMILES string of the molecule is COc1cc(C2(CNCC(C)C)CCCCC2)ccc1C. The number of benzene rings is 1. The fourth-order valence-electron chi connectivity index (χ4n) is 3.55. The molecule has 1 saturated carbocycles. The summed E-state index contributed by atoms with van der Waals surface area (Å²) in [5, 5.41) is 3.71. The fourth-order valence-corrected chi connectivity index (χ4v) is 3.55. The quantitative estimate of drug-likeness (QED) is 0.835. The average Bonchev–Trinajstić information content (AvgIpc) is 2.48. The number of aryl methyl sites for hydroxylation is 1. The van der Waals surface area contributed by atoms with E-state index in [9.17, 15) is 0 Å². The van der Waals surface area contributed by atoms with E-state index in [0.717, 1.165) is 18.8 Å². The van der Waals surface area contributed by atoms with Crippen molar-refractivity contribution in [3.8, 4) is 5.75 Å². The second-order valence-corrected chi connectivity index (χ2v) is 7.05. The molecule has 1 aliphatic carbocycles. The van der Waals surface area contributed by atoms with Crippen LogP contribution in [0.5, 0.6) is 5.75 Å². The molecular weight excluding hydrogens is 258 g/mol. The lowest BCUT2D eigenvalue weighted by atomic mass is 9.69. The van der Waals surface area contributed by atoms with Gasteiger partial charge in [-0.25, -0.2) is 0 Å². The number of hydrogen-bond donors (Lipinski definition) is 1. The first-order valence-corrected chi connectivity index (χ1v) is 8.43. The van der Waals surface area contributed by atoms with Crippen LogP contribution in [0, 0.1) is 12.8 Å². The summed E-state index contributed by atoms with van der Waals surface area (Å²) in [6.45, 7) is 8.86. The zero-order chi connectivity index (χ0) is 15.3. The molecule has 0 spiro atoms. The van der Waals surface area contributed by atoms with Gasteiger partial charge in [0.15, 0.2) is 0 Å². The molecule has 1 aromatic carbocycles. The molecule has 0 heterocycles. The molecule has 2 nitrogen and oxygen atoms in total. The molecule has 0 saturated heterocycles. The minimum atomic E-state index is 0.300. The highest BCUT2D eigenvalue weighted by Gasteiger charge is 2.33. The van der Waals surface area contributed by atoms with Crippen molar-refractivity contribution in [3.63, 3.8) is 0 Å². The van der Waals surface area contributed by atoms with Crippen LogP contribution >= 0.6 is 0 Å². The van der Waals surface area contributed by atoms with Crippen molar-refractivity contribution in [1.82, 2.24) is 5.32 Å². The molecule has 1 aromatic rings. The van der Waals surface area contributed by atoms with Crippen LogP contribution in [-0.2, 0) is 5.41 Å². The second-order valence-electron chi connectivity index (χ2n) is 7.05. The molecule has 2 heteroatoms. The Bertz CT molecular complexity index is 447. The van der Waals surface area contributed by atoms with Gasteiger partial charge in [-0.05, 0) is 49.4 Å². The van der Waals surface area contributed by atoms with Crippen molar-refractivity contribution in [2.45, 2.75) is 58.3 Å². The average molecular weight is 289 g/mol. The van der Waals surface area contributed by atoms with Crippen LogP contribution in [0.15, 0.2) is 18.2 Å². The van der Waals surface area contributed by atoms with Crippen molar-refractivity contribution in [2.24, 2.45) is 5.92 Å².